The van der Waals surface area contributed by atoms with E-state index >= 15 is 0 Å². The number of hydrogen-bond acceptors (Lipinski definition) is 6. The van der Waals surface area contributed by atoms with Gasteiger partial charge in [-0.15, -0.1) is 0 Å². The second-order valence-electron chi connectivity index (χ2n) is 15.3. The summed E-state index contributed by atoms with van der Waals surface area (Å²) in [6.07, 6.45) is 45.9. The topological polar surface area (TPSA) is 78.9 Å². The van der Waals surface area contributed by atoms with Gasteiger partial charge in [-0.2, -0.15) is 0 Å². The molecule has 1 unspecified atom stereocenters. The number of carbonyl (C=O) groups excluding carboxylic acids is 3. The number of rotatable bonds is 41. The van der Waals surface area contributed by atoms with Gasteiger partial charge in [-0.05, 0) is 44.9 Å². The SMILES string of the molecule is CC/C=C\C/C=C\CCCCCCCC(=O)OC(COC(=O)CCCCCCCCCCCC)COC(=O)CCCCCCCCCCCCCCC. The molecule has 0 N–H and O–H groups in total. The third-order valence-electron chi connectivity index (χ3n) is 9.97. The molecule has 6 nitrogen and oxygen atoms in total. The van der Waals surface area contributed by atoms with Crippen LogP contribution in [0.1, 0.15) is 239 Å². The van der Waals surface area contributed by atoms with Crippen molar-refractivity contribution in [2.75, 3.05) is 13.2 Å². The van der Waals surface area contributed by atoms with Gasteiger partial charge in [0.1, 0.15) is 13.2 Å². The fraction of sp³-hybridized carbons (Fsp3) is 0.851. The number of allylic oxidation sites excluding steroid dienone is 4. The van der Waals surface area contributed by atoms with Gasteiger partial charge in [-0.1, -0.05) is 199 Å². The van der Waals surface area contributed by atoms with Crippen LogP contribution in [-0.4, -0.2) is 37.2 Å². The molecular formula is C47H86O6. The average molecular weight is 747 g/mol. The van der Waals surface area contributed by atoms with Crippen LogP contribution < -0.4 is 0 Å². The molecule has 0 fully saturated rings. The fourth-order valence-corrected chi connectivity index (χ4v) is 6.54. The predicted molar refractivity (Wildman–Crippen MR) is 224 cm³/mol. The highest BCUT2D eigenvalue weighted by Crippen LogP contribution is 2.15. The second kappa shape index (κ2) is 42.6. The van der Waals surface area contributed by atoms with Crippen LogP contribution in [0.3, 0.4) is 0 Å². The van der Waals surface area contributed by atoms with Gasteiger partial charge in [0.25, 0.3) is 0 Å². The molecule has 0 saturated heterocycles. The first-order chi connectivity index (χ1) is 26.0. The molecule has 0 aromatic heterocycles. The van der Waals surface area contributed by atoms with Gasteiger partial charge in [0.05, 0.1) is 0 Å². The van der Waals surface area contributed by atoms with Crippen molar-refractivity contribution in [2.24, 2.45) is 0 Å². The predicted octanol–water partition coefficient (Wildman–Crippen LogP) is 14.4. The lowest BCUT2D eigenvalue weighted by molar-refractivity contribution is -0.167. The Balaban J connectivity index is 4.35. The van der Waals surface area contributed by atoms with E-state index < -0.39 is 6.10 Å². The quantitative estimate of drug-likeness (QED) is 0.0268. The normalized spacial score (nSPS) is 12.1. The highest BCUT2D eigenvalue weighted by atomic mass is 16.6. The minimum atomic E-state index is -0.770. The van der Waals surface area contributed by atoms with Gasteiger partial charge in [-0.3, -0.25) is 14.4 Å². The summed E-state index contributed by atoms with van der Waals surface area (Å²) in [5.41, 5.74) is 0. The largest absolute Gasteiger partial charge is 0.462 e. The zero-order valence-electron chi connectivity index (χ0n) is 35.3. The number of unbranched alkanes of at least 4 members (excludes halogenated alkanes) is 26. The first-order valence-corrected chi connectivity index (χ1v) is 22.8. The molecule has 0 aliphatic heterocycles. The molecule has 310 valence electrons. The number of carbonyl (C=O) groups is 3. The summed E-state index contributed by atoms with van der Waals surface area (Å²) < 4.78 is 16.7. The van der Waals surface area contributed by atoms with E-state index in [2.05, 4.69) is 45.1 Å². The van der Waals surface area contributed by atoms with Crippen LogP contribution in [0.25, 0.3) is 0 Å². The van der Waals surface area contributed by atoms with E-state index in [1.165, 1.54) is 109 Å². The summed E-state index contributed by atoms with van der Waals surface area (Å²) >= 11 is 0. The van der Waals surface area contributed by atoms with Crippen LogP contribution in [0.4, 0.5) is 0 Å². The molecule has 0 aromatic carbocycles. The number of esters is 3. The van der Waals surface area contributed by atoms with Gasteiger partial charge in [0.15, 0.2) is 6.10 Å². The minimum Gasteiger partial charge on any atom is -0.462 e. The highest BCUT2D eigenvalue weighted by Gasteiger charge is 2.19. The van der Waals surface area contributed by atoms with Crippen molar-refractivity contribution in [1.29, 1.82) is 0 Å². The summed E-state index contributed by atoms with van der Waals surface area (Å²) in [5, 5.41) is 0. The molecule has 0 heterocycles. The Morgan fingerprint density at radius 1 is 0.396 bits per heavy atom. The Morgan fingerprint density at radius 3 is 1.13 bits per heavy atom. The standard InChI is InChI=1S/C47H86O6/c1-4-7-10-13-16-19-22-24-26-28-31-34-37-40-46(49)52-43-44(42-51-45(48)39-36-33-30-27-21-18-15-12-9-6-3)53-47(50)41-38-35-32-29-25-23-20-17-14-11-8-5-2/h8,11,17,20,44H,4-7,9-10,12-16,18-19,21-43H2,1-3H3/b11-8-,20-17-. The van der Waals surface area contributed by atoms with Crippen molar-refractivity contribution in [3.8, 4) is 0 Å². The molecule has 6 heteroatoms. The molecule has 0 spiro atoms. The summed E-state index contributed by atoms with van der Waals surface area (Å²) in [6, 6.07) is 0. The van der Waals surface area contributed by atoms with Gasteiger partial charge in [-0.25, -0.2) is 0 Å². The minimum absolute atomic E-state index is 0.0731. The van der Waals surface area contributed by atoms with Crippen molar-refractivity contribution in [1.82, 2.24) is 0 Å². The lowest BCUT2D eigenvalue weighted by Crippen LogP contribution is -2.30. The summed E-state index contributed by atoms with van der Waals surface area (Å²) in [6.45, 7) is 6.51. The molecule has 0 bridgehead atoms. The van der Waals surface area contributed by atoms with Crippen LogP contribution in [0.2, 0.25) is 0 Å². The Morgan fingerprint density at radius 2 is 0.736 bits per heavy atom. The average Bonchev–Trinajstić information content (AvgIpc) is 3.15. The molecule has 1 atom stereocenters. The summed E-state index contributed by atoms with van der Waals surface area (Å²) in [4.78, 5) is 37.7. The van der Waals surface area contributed by atoms with E-state index in [1.807, 2.05) is 0 Å². The third kappa shape index (κ3) is 40.9. The number of ether oxygens (including phenoxy) is 3. The van der Waals surface area contributed by atoms with Crippen LogP contribution in [0.5, 0.6) is 0 Å². The monoisotopic (exact) mass is 747 g/mol. The van der Waals surface area contributed by atoms with Crippen LogP contribution in [0.15, 0.2) is 24.3 Å². The molecule has 0 aliphatic carbocycles. The number of hydrogen-bond donors (Lipinski definition) is 0. The molecule has 0 radical (unpaired) electrons. The smallest absolute Gasteiger partial charge is 0.306 e. The maximum Gasteiger partial charge on any atom is 0.306 e. The Bertz CT molecular complexity index is 865. The van der Waals surface area contributed by atoms with Gasteiger partial charge in [0, 0.05) is 19.3 Å². The van der Waals surface area contributed by atoms with E-state index in [0.29, 0.717) is 19.3 Å². The molecule has 0 aliphatic rings. The van der Waals surface area contributed by atoms with Crippen molar-refractivity contribution in [2.45, 2.75) is 245 Å². The van der Waals surface area contributed by atoms with Crippen molar-refractivity contribution >= 4 is 17.9 Å². The fourth-order valence-electron chi connectivity index (χ4n) is 6.54. The van der Waals surface area contributed by atoms with Gasteiger partial charge in [0.2, 0.25) is 0 Å². The van der Waals surface area contributed by atoms with E-state index in [9.17, 15) is 14.4 Å². The van der Waals surface area contributed by atoms with Crippen molar-refractivity contribution < 1.29 is 28.6 Å². The third-order valence-corrected chi connectivity index (χ3v) is 9.97. The molecular weight excluding hydrogens is 661 g/mol. The lowest BCUT2D eigenvalue weighted by Gasteiger charge is -2.18. The van der Waals surface area contributed by atoms with Crippen LogP contribution in [-0.2, 0) is 28.6 Å². The molecule has 0 amide bonds. The Labute approximate surface area is 328 Å². The Hall–Kier alpha value is -2.11. The van der Waals surface area contributed by atoms with E-state index in [1.54, 1.807) is 0 Å². The van der Waals surface area contributed by atoms with Gasteiger partial charge < -0.3 is 14.2 Å². The van der Waals surface area contributed by atoms with E-state index in [0.717, 1.165) is 89.9 Å². The first-order valence-electron chi connectivity index (χ1n) is 22.8. The first kappa shape index (κ1) is 50.9. The zero-order chi connectivity index (χ0) is 38.7. The highest BCUT2D eigenvalue weighted by molar-refractivity contribution is 5.71. The maximum atomic E-state index is 12.7. The Kier molecular flexibility index (Phi) is 40.9. The molecule has 0 rings (SSSR count). The lowest BCUT2D eigenvalue weighted by atomic mass is 10.0. The van der Waals surface area contributed by atoms with Crippen molar-refractivity contribution in [3.63, 3.8) is 0 Å². The van der Waals surface area contributed by atoms with Crippen LogP contribution in [0, 0.1) is 0 Å². The van der Waals surface area contributed by atoms with E-state index in [-0.39, 0.29) is 31.1 Å². The van der Waals surface area contributed by atoms with Gasteiger partial charge >= 0.3 is 17.9 Å². The van der Waals surface area contributed by atoms with E-state index in [4.69, 9.17) is 14.2 Å². The summed E-state index contributed by atoms with van der Waals surface area (Å²) in [7, 11) is 0. The molecule has 0 aromatic rings. The molecule has 0 saturated carbocycles. The summed E-state index contributed by atoms with van der Waals surface area (Å²) in [5.74, 6) is -0.884. The zero-order valence-corrected chi connectivity index (χ0v) is 35.3. The second-order valence-corrected chi connectivity index (χ2v) is 15.3. The molecule has 53 heavy (non-hydrogen) atoms. The van der Waals surface area contributed by atoms with Crippen LogP contribution >= 0.6 is 0 Å². The van der Waals surface area contributed by atoms with Crippen molar-refractivity contribution in [3.05, 3.63) is 24.3 Å². The maximum absolute atomic E-state index is 12.7.